The van der Waals surface area contributed by atoms with Gasteiger partial charge in [0.2, 0.25) is 15.9 Å². The molecule has 1 aliphatic rings. The maximum Gasteiger partial charge on any atom is 0.228 e. The van der Waals surface area contributed by atoms with E-state index in [1.807, 2.05) is 0 Å². The molecule has 1 aliphatic heterocycles. The van der Waals surface area contributed by atoms with Crippen LogP contribution in [0, 0.1) is 0 Å². The number of nitrogens with zero attached hydrogens (tertiary/aromatic N) is 1. The summed E-state index contributed by atoms with van der Waals surface area (Å²) >= 11 is 0. The zero-order chi connectivity index (χ0) is 12.4. The molecule has 0 aromatic rings. The van der Waals surface area contributed by atoms with Crippen molar-refractivity contribution in [3.63, 3.8) is 0 Å². The van der Waals surface area contributed by atoms with Crippen molar-refractivity contribution < 1.29 is 21.6 Å². The summed E-state index contributed by atoms with van der Waals surface area (Å²) in [5, 5.41) is 1.61. The molecule has 0 bridgehead atoms. The Morgan fingerprint density at radius 3 is 2.44 bits per heavy atom. The molecule has 0 radical (unpaired) electrons. The van der Waals surface area contributed by atoms with Gasteiger partial charge in [-0.3, -0.25) is 4.79 Å². The van der Waals surface area contributed by atoms with Crippen molar-refractivity contribution in [1.82, 2.24) is 9.62 Å². The van der Waals surface area contributed by atoms with Crippen LogP contribution in [-0.4, -0.2) is 58.0 Å². The van der Waals surface area contributed by atoms with Crippen molar-refractivity contribution in [2.75, 3.05) is 31.0 Å². The van der Waals surface area contributed by atoms with Gasteiger partial charge in [-0.05, 0) is 0 Å². The monoisotopic (exact) mass is 270 g/mol. The molecule has 1 heterocycles. The van der Waals surface area contributed by atoms with Crippen LogP contribution < -0.4 is 5.32 Å². The Bertz CT molecular complexity index is 467. The van der Waals surface area contributed by atoms with Gasteiger partial charge < -0.3 is 5.32 Å². The van der Waals surface area contributed by atoms with Gasteiger partial charge in [0, 0.05) is 32.3 Å². The van der Waals surface area contributed by atoms with Crippen molar-refractivity contribution in [3.05, 3.63) is 0 Å². The molecule has 0 aromatic carbocycles. The van der Waals surface area contributed by atoms with E-state index in [0.29, 0.717) is 0 Å². The highest BCUT2D eigenvalue weighted by Crippen LogP contribution is 2.07. The van der Waals surface area contributed by atoms with Crippen LogP contribution in [0.25, 0.3) is 0 Å². The smallest absolute Gasteiger partial charge is 0.228 e. The van der Waals surface area contributed by atoms with E-state index in [2.05, 4.69) is 5.32 Å². The maximum atomic E-state index is 11.7. The molecule has 0 aromatic heterocycles. The Labute approximate surface area is 94.8 Å². The minimum Gasteiger partial charge on any atom is -0.355 e. The first kappa shape index (κ1) is 13.4. The maximum absolute atomic E-state index is 11.7. The van der Waals surface area contributed by atoms with Crippen molar-refractivity contribution >= 4 is 25.8 Å². The predicted octanol–water partition coefficient (Wildman–Crippen LogP) is -1.86. The van der Waals surface area contributed by atoms with Gasteiger partial charge in [-0.25, -0.2) is 16.8 Å². The van der Waals surface area contributed by atoms with E-state index < -0.39 is 24.9 Å². The Balaban J connectivity index is 2.80. The number of sulfone groups is 1. The van der Waals surface area contributed by atoms with Crippen LogP contribution in [-0.2, 0) is 24.7 Å². The summed E-state index contributed by atoms with van der Waals surface area (Å²) in [6.07, 6.45) is 0.925. The molecule has 1 fully saturated rings. The van der Waals surface area contributed by atoms with Gasteiger partial charge in [-0.15, -0.1) is 0 Å². The SMILES string of the molecule is CS(=O)(=O)CS(=O)(=O)N1CCNC(=O)CC1. The quantitative estimate of drug-likeness (QED) is 0.648. The minimum absolute atomic E-state index is 0.0314. The second-order valence-electron chi connectivity index (χ2n) is 3.65. The molecular formula is C7H14N2O5S2. The first-order chi connectivity index (χ1) is 7.21. The Morgan fingerprint density at radius 1 is 1.25 bits per heavy atom. The van der Waals surface area contributed by atoms with E-state index in [4.69, 9.17) is 0 Å². The summed E-state index contributed by atoms with van der Waals surface area (Å²) in [5.41, 5.74) is 0. The highest BCUT2D eigenvalue weighted by Gasteiger charge is 2.28. The summed E-state index contributed by atoms with van der Waals surface area (Å²) in [4.78, 5) is 11.0. The highest BCUT2D eigenvalue weighted by atomic mass is 32.3. The van der Waals surface area contributed by atoms with Crippen LogP contribution in [0.5, 0.6) is 0 Å². The first-order valence-electron chi connectivity index (χ1n) is 4.63. The van der Waals surface area contributed by atoms with Gasteiger partial charge in [0.25, 0.3) is 0 Å². The number of nitrogens with one attached hydrogen (secondary N) is 1. The fraction of sp³-hybridized carbons (Fsp3) is 0.857. The van der Waals surface area contributed by atoms with Gasteiger partial charge in [0.1, 0.15) is 0 Å². The van der Waals surface area contributed by atoms with Crippen LogP contribution in [0.3, 0.4) is 0 Å². The van der Waals surface area contributed by atoms with Crippen LogP contribution in [0.1, 0.15) is 6.42 Å². The van der Waals surface area contributed by atoms with Gasteiger partial charge in [0.15, 0.2) is 14.9 Å². The second kappa shape index (κ2) is 4.68. The largest absolute Gasteiger partial charge is 0.355 e. The minimum atomic E-state index is -3.83. The predicted molar refractivity (Wildman–Crippen MR) is 57.8 cm³/mol. The van der Waals surface area contributed by atoms with Crippen molar-refractivity contribution in [3.8, 4) is 0 Å². The average Bonchev–Trinajstić information content (AvgIpc) is 2.25. The number of hydrogen-bond acceptors (Lipinski definition) is 5. The van der Waals surface area contributed by atoms with E-state index in [-0.39, 0.29) is 32.0 Å². The third kappa shape index (κ3) is 4.06. The molecule has 9 heteroatoms. The van der Waals surface area contributed by atoms with Crippen molar-refractivity contribution in [2.45, 2.75) is 6.42 Å². The summed E-state index contributed by atoms with van der Waals surface area (Å²) < 4.78 is 46.3. The van der Waals surface area contributed by atoms with Crippen molar-refractivity contribution in [2.24, 2.45) is 0 Å². The third-order valence-electron chi connectivity index (χ3n) is 2.03. The zero-order valence-electron chi connectivity index (χ0n) is 8.84. The molecule has 0 aliphatic carbocycles. The molecule has 94 valence electrons. The zero-order valence-corrected chi connectivity index (χ0v) is 10.5. The molecule has 0 saturated carbocycles. The number of carbonyl (C=O) groups is 1. The molecule has 7 nitrogen and oxygen atoms in total. The fourth-order valence-electron chi connectivity index (χ4n) is 1.37. The lowest BCUT2D eigenvalue weighted by Crippen LogP contribution is -2.37. The van der Waals surface area contributed by atoms with Crippen LogP contribution >= 0.6 is 0 Å². The molecule has 1 amide bonds. The normalized spacial score (nSPS) is 20.2. The molecular weight excluding hydrogens is 256 g/mol. The second-order valence-corrected chi connectivity index (χ2v) is 8.13. The molecule has 16 heavy (non-hydrogen) atoms. The molecule has 1 saturated heterocycles. The lowest BCUT2D eigenvalue weighted by atomic mass is 10.4. The highest BCUT2D eigenvalue weighted by molar-refractivity contribution is 8.06. The molecule has 0 unspecified atom stereocenters. The lowest BCUT2D eigenvalue weighted by Gasteiger charge is -2.18. The van der Waals surface area contributed by atoms with E-state index in [9.17, 15) is 21.6 Å². The standard InChI is InChI=1S/C7H14N2O5S2/c1-15(11,12)6-16(13,14)9-4-2-7(10)8-3-5-9/h2-6H2,1H3,(H,8,10). The van der Waals surface area contributed by atoms with Crippen LogP contribution in [0.4, 0.5) is 0 Å². The van der Waals surface area contributed by atoms with Gasteiger partial charge >= 0.3 is 0 Å². The fourth-order valence-corrected chi connectivity index (χ4v) is 4.87. The van der Waals surface area contributed by atoms with Gasteiger partial charge in [-0.1, -0.05) is 0 Å². The lowest BCUT2D eigenvalue weighted by molar-refractivity contribution is -0.120. The summed E-state index contributed by atoms with van der Waals surface area (Å²) in [7, 11) is -7.43. The number of sulfonamides is 1. The first-order valence-corrected chi connectivity index (χ1v) is 8.30. The summed E-state index contributed by atoms with van der Waals surface area (Å²) in [6, 6.07) is 0. The molecule has 1 N–H and O–H groups in total. The summed E-state index contributed by atoms with van der Waals surface area (Å²) in [6.45, 7) is 0.356. The third-order valence-corrected chi connectivity index (χ3v) is 6.08. The summed E-state index contributed by atoms with van der Waals surface area (Å²) in [5.74, 6) is -0.225. The van der Waals surface area contributed by atoms with Crippen LogP contribution in [0.2, 0.25) is 0 Å². The van der Waals surface area contributed by atoms with Crippen LogP contribution in [0.15, 0.2) is 0 Å². The van der Waals surface area contributed by atoms with E-state index in [1.54, 1.807) is 0 Å². The Hall–Kier alpha value is -0.670. The average molecular weight is 270 g/mol. The van der Waals surface area contributed by atoms with E-state index in [1.165, 1.54) is 0 Å². The molecule has 1 rings (SSSR count). The number of rotatable bonds is 3. The van der Waals surface area contributed by atoms with E-state index >= 15 is 0 Å². The number of hydrogen-bond donors (Lipinski definition) is 1. The Kier molecular flexibility index (Phi) is 3.92. The van der Waals surface area contributed by atoms with Gasteiger partial charge in [-0.2, -0.15) is 4.31 Å². The van der Waals surface area contributed by atoms with Gasteiger partial charge in [0.05, 0.1) is 0 Å². The molecule has 0 atom stereocenters. The topological polar surface area (TPSA) is 101 Å². The number of amides is 1. The van der Waals surface area contributed by atoms with Crippen molar-refractivity contribution in [1.29, 1.82) is 0 Å². The van der Waals surface area contributed by atoms with E-state index in [0.717, 1.165) is 10.6 Å². The number of carbonyl (C=O) groups excluding carboxylic acids is 1. The molecule has 0 spiro atoms. The Morgan fingerprint density at radius 2 is 1.88 bits per heavy atom.